The molecule has 0 aliphatic heterocycles. The molecule has 36 heavy (non-hydrogen) atoms. The van der Waals surface area contributed by atoms with Gasteiger partial charge in [-0.2, -0.15) is 4.98 Å². The highest BCUT2D eigenvalue weighted by Crippen LogP contribution is 2.31. The molecule has 9 nitrogen and oxygen atoms in total. The van der Waals surface area contributed by atoms with Crippen LogP contribution in [0.3, 0.4) is 0 Å². The molecule has 0 aliphatic carbocycles. The first-order valence-corrected chi connectivity index (χ1v) is 11.2. The van der Waals surface area contributed by atoms with Gasteiger partial charge in [0.1, 0.15) is 18.1 Å². The summed E-state index contributed by atoms with van der Waals surface area (Å²) >= 11 is 0. The van der Waals surface area contributed by atoms with E-state index < -0.39 is 0 Å². The van der Waals surface area contributed by atoms with Crippen LogP contribution in [0.15, 0.2) is 77.6 Å². The molecule has 0 bridgehead atoms. The Hall–Kier alpha value is -4.73. The fraction of sp³-hybridized carbons (Fsp3) is 0.154. The number of hydrogen-bond donors (Lipinski definition) is 1. The predicted molar refractivity (Wildman–Crippen MR) is 129 cm³/mol. The third kappa shape index (κ3) is 5.33. The van der Waals surface area contributed by atoms with Crippen LogP contribution in [0.5, 0.6) is 11.5 Å². The second kappa shape index (κ2) is 10.3. The van der Waals surface area contributed by atoms with Crippen molar-refractivity contribution in [3.8, 4) is 22.9 Å². The van der Waals surface area contributed by atoms with Crippen molar-refractivity contribution in [2.45, 2.75) is 19.4 Å². The Balaban J connectivity index is 1.19. The molecule has 0 unspecified atom stereocenters. The molecule has 182 valence electrons. The topological polar surface area (TPSA) is 104 Å². The standard InChI is InChI=1S/C26H22FN5O4/c1-34-21-10-9-19(14-22(21)35-16-20-15-32-13-3-2-4-23(32)28-20)29-24(33)11-12-25-30-26(31-36-25)17-5-7-18(27)8-6-17/h2-10,13-15H,11-12,16H2,1H3,(H,29,33). The molecule has 0 saturated carbocycles. The monoisotopic (exact) mass is 487 g/mol. The van der Waals surface area contributed by atoms with Crippen molar-refractivity contribution in [2.75, 3.05) is 12.4 Å². The first-order chi connectivity index (χ1) is 17.6. The fourth-order valence-electron chi connectivity index (χ4n) is 3.59. The van der Waals surface area contributed by atoms with Crippen LogP contribution >= 0.6 is 0 Å². The van der Waals surface area contributed by atoms with E-state index in [1.165, 1.54) is 12.1 Å². The average Bonchev–Trinajstić information content (AvgIpc) is 3.54. The smallest absolute Gasteiger partial charge is 0.227 e. The van der Waals surface area contributed by atoms with Gasteiger partial charge in [-0.05, 0) is 48.5 Å². The highest BCUT2D eigenvalue weighted by molar-refractivity contribution is 5.91. The number of benzene rings is 2. The summed E-state index contributed by atoms with van der Waals surface area (Å²) in [5, 5.41) is 6.73. The summed E-state index contributed by atoms with van der Waals surface area (Å²) in [7, 11) is 1.55. The predicted octanol–water partition coefficient (Wildman–Crippen LogP) is 4.68. The minimum absolute atomic E-state index is 0.133. The third-order valence-corrected chi connectivity index (χ3v) is 5.37. The molecule has 0 spiro atoms. The highest BCUT2D eigenvalue weighted by atomic mass is 19.1. The molecule has 5 aromatic rings. The number of aromatic nitrogens is 4. The van der Waals surface area contributed by atoms with Crippen LogP contribution in [0.2, 0.25) is 0 Å². The van der Waals surface area contributed by atoms with E-state index in [0.29, 0.717) is 34.5 Å². The Bertz CT molecular complexity index is 1460. The summed E-state index contributed by atoms with van der Waals surface area (Å²) < 4.78 is 31.6. The van der Waals surface area contributed by atoms with Crippen molar-refractivity contribution in [3.63, 3.8) is 0 Å². The van der Waals surface area contributed by atoms with Gasteiger partial charge in [-0.25, -0.2) is 9.37 Å². The minimum atomic E-state index is -0.346. The molecule has 5 rings (SSSR count). The van der Waals surface area contributed by atoms with Gasteiger partial charge in [0, 0.05) is 42.6 Å². The number of nitrogens with one attached hydrogen (secondary N) is 1. The van der Waals surface area contributed by atoms with Crippen LogP contribution in [0, 0.1) is 5.82 Å². The largest absolute Gasteiger partial charge is 0.493 e. The Labute approximate surface area is 205 Å². The van der Waals surface area contributed by atoms with Crippen molar-refractivity contribution in [2.24, 2.45) is 0 Å². The maximum atomic E-state index is 13.1. The summed E-state index contributed by atoms with van der Waals surface area (Å²) in [6, 6.07) is 16.7. The zero-order valence-electron chi connectivity index (χ0n) is 19.3. The number of amides is 1. The summed E-state index contributed by atoms with van der Waals surface area (Å²) in [5.74, 6) is 1.10. The molecule has 10 heteroatoms. The molecule has 1 amide bonds. The van der Waals surface area contributed by atoms with Crippen LogP contribution in [0.25, 0.3) is 17.0 Å². The van der Waals surface area contributed by atoms with E-state index in [1.54, 1.807) is 37.4 Å². The van der Waals surface area contributed by atoms with Crippen molar-refractivity contribution in [1.29, 1.82) is 0 Å². The van der Waals surface area contributed by atoms with Gasteiger partial charge in [-0.15, -0.1) is 0 Å². The van der Waals surface area contributed by atoms with Gasteiger partial charge in [0.25, 0.3) is 0 Å². The number of ether oxygens (including phenoxy) is 2. The molecule has 2 aromatic carbocycles. The number of nitrogens with zero attached hydrogens (tertiary/aromatic N) is 4. The minimum Gasteiger partial charge on any atom is -0.493 e. The number of carbonyl (C=O) groups excluding carboxylic acids is 1. The average molecular weight is 487 g/mol. The quantitative estimate of drug-likeness (QED) is 0.322. The second-order valence-corrected chi connectivity index (χ2v) is 7.92. The van der Waals surface area contributed by atoms with Crippen molar-refractivity contribution >= 4 is 17.2 Å². The maximum absolute atomic E-state index is 13.1. The number of methoxy groups -OCH3 is 1. The number of halogens is 1. The zero-order chi connectivity index (χ0) is 24.9. The number of fused-ring (bicyclic) bond motifs is 1. The number of hydrogen-bond acceptors (Lipinski definition) is 7. The van der Waals surface area contributed by atoms with Crippen molar-refractivity contribution in [1.82, 2.24) is 19.5 Å². The molecule has 0 aliphatic rings. The molecular formula is C26H22FN5O4. The van der Waals surface area contributed by atoms with Crippen molar-refractivity contribution < 1.29 is 23.2 Å². The number of pyridine rings is 1. The zero-order valence-corrected chi connectivity index (χ0v) is 19.3. The number of anilines is 1. The fourth-order valence-corrected chi connectivity index (χ4v) is 3.59. The lowest BCUT2D eigenvalue weighted by Crippen LogP contribution is -2.12. The lowest BCUT2D eigenvalue weighted by molar-refractivity contribution is -0.116. The number of carbonyl (C=O) groups is 1. The molecule has 0 radical (unpaired) electrons. The van der Waals surface area contributed by atoms with Gasteiger partial charge in [0.15, 0.2) is 11.5 Å². The van der Waals surface area contributed by atoms with Gasteiger partial charge < -0.3 is 23.7 Å². The maximum Gasteiger partial charge on any atom is 0.227 e. The molecule has 0 saturated heterocycles. The van der Waals surface area contributed by atoms with Gasteiger partial charge in [0.2, 0.25) is 17.6 Å². The summed E-state index contributed by atoms with van der Waals surface area (Å²) in [4.78, 5) is 21.3. The van der Waals surface area contributed by atoms with Gasteiger partial charge in [-0.1, -0.05) is 11.2 Å². The summed E-state index contributed by atoms with van der Waals surface area (Å²) in [6.07, 6.45) is 4.20. The highest BCUT2D eigenvalue weighted by Gasteiger charge is 2.13. The summed E-state index contributed by atoms with van der Waals surface area (Å²) in [5.41, 5.74) is 2.78. The first-order valence-electron chi connectivity index (χ1n) is 11.2. The molecule has 3 heterocycles. The number of imidazole rings is 1. The normalized spacial score (nSPS) is 10.9. The number of aryl methyl sites for hydroxylation is 1. The third-order valence-electron chi connectivity index (χ3n) is 5.37. The van der Waals surface area contributed by atoms with E-state index in [-0.39, 0.29) is 31.2 Å². The lowest BCUT2D eigenvalue weighted by Gasteiger charge is -2.12. The van der Waals surface area contributed by atoms with E-state index in [4.69, 9.17) is 14.0 Å². The summed E-state index contributed by atoms with van der Waals surface area (Å²) in [6.45, 7) is 0.239. The molecular weight excluding hydrogens is 465 g/mol. The Morgan fingerprint density at radius 1 is 1.08 bits per heavy atom. The van der Waals surface area contributed by atoms with Crippen LogP contribution < -0.4 is 14.8 Å². The van der Waals surface area contributed by atoms with Gasteiger partial charge in [0.05, 0.1) is 12.8 Å². The Kier molecular flexibility index (Phi) is 6.57. The first kappa shape index (κ1) is 23.0. The van der Waals surface area contributed by atoms with Crippen LogP contribution in [0.4, 0.5) is 10.1 Å². The van der Waals surface area contributed by atoms with Crippen LogP contribution in [-0.2, 0) is 17.8 Å². The van der Waals surface area contributed by atoms with E-state index in [9.17, 15) is 9.18 Å². The van der Waals surface area contributed by atoms with Gasteiger partial charge >= 0.3 is 0 Å². The van der Waals surface area contributed by atoms with Crippen LogP contribution in [-0.4, -0.2) is 32.5 Å². The molecule has 3 aromatic heterocycles. The molecule has 0 atom stereocenters. The van der Waals surface area contributed by atoms with E-state index in [1.807, 2.05) is 35.0 Å². The number of rotatable bonds is 9. The Morgan fingerprint density at radius 2 is 1.94 bits per heavy atom. The van der Waals surface area contributed by atoms with E-state index >= 15 is 0 Å². The molecule has 0 fully saturated rings. The second-order valence-electron chi connectivity index (χ2n) is 7.92. The van der Waals surface area contributed by atoms with Gasteiger partial charge in [-0.3, -0.25) is 4.79 Å². The SMILES string of the molecule is COc1ccc(NC(=O)CCc2nc(-c3ccc(F)cc3)no2)cc1OCc1cn2ccccc2n1. The van der Waals surface area contributed by atoms with E-state index in [0.717, 1.165) is 11.3 Å². The van der Waals surface area contributed by atoms with E-state index in [2.05, 4.69) is 20.4 Å². The Morgan fingerprint density at radius 3 is 2.75 bits per heavy atom. The lowest BCUT2D eigenvalue weighted by atomic mass is 10.2. The molecule has 1 N–H and O–H groups in total. The van der Waals surface area contributed by atoms with Crippen LogP contribution in [0.1, 0.15) is 18.0 Å². The van der Waals surface area contributed by atoms with Crippen molar-refractivity contribution in [3.05, 3.63) is 90.5 Å².